The standard InChI is InChI=1S/C23H29N5O5/c1-4-33-23(32)18-13(2)9-10-15-19(18)22(31)28(14(3)11-29)20(15)21(30)24-12-27-17-8-6-5-7-16(17)25-26-27/h5-10,13-15,18-20,29H,4,11-12H2,1-3H3,(H,24,30)/t13-,14-,15+,18-,19+,20+/m1/s1. The SMILES string of the molecule is CCOC(=O)[C@H]1[C@H]2C(=O)N([C@H](C)CO)[C@H](C(=O)NCn3nnc4ccccc43)[C@H]2C=C[C@H]1C. The maximum Gasteiger partial charge on any atom is 0.310 e. The van der Waals surface area contributed by atoms with Crippen LogP contribution in [0.4, 0.5) is 0 Å². The van der Waals surface area contributed by atoms with Crippen molar-refractivity contribution in [3.05, 3.63) is 36.4 Å². The van der Waals surface area contributed by atoms with Crippen LogP contribution in [-0.4, -0.2) is 68.1 Å². The summed E-state index contributed by atoms with van der Waals surface area (Å²) in [5.74, 6) is -3.25. The summed E-state index contributed by atoms with van der Waals surface area (Å²) in [7, 11) is 0. The molecule has 2 N–H and O–H groups in total. The molecule has 10 nitrogen and oxygen atoms in total. The van der Waals surface area contributed by atoms with Crippen LogP contribution in [0.2, 0.25) is 0 Å². The second-order valence-corrected chi connectivity index (χ2v) is 8.62. The molecule has 1 aliphatic heterocycles. The van der Waals surface area contributed by atoms with E-state index in [9.17, 15) is 19.5 Å². The minimum Gasteiger partial charge on any atom is -0.466 e. The van der Waals surface area contributed by atoms with Crippen LogP contribution in [0.1, 0.15) is 20.8 Å². The lowest BCUT2D eigenvalue weighted by Gasteiger charge is -2.32. The quantitative estimate of drug-likeness (QED) is 0.465. The highest BCUT2D eigenvalue weighted by atomic mass is 16.5. The van der Waals surface area contributed by atoms with Gasteiger partial charge in [0.15, 0.2) is 0 Å². The van der Waals surface area contributed by atoms with E-state index in [1.165, 1.54) is 4.90 Å². The normalized spacial score (nSPS) is 27.5. The van der Waals surface area contributed by atoms with Gasteiger partial charge in [-0.05, 0) is 31.9 Å². The Hall–Kier alpha value is -3.27. The molecule has 2 aliphatic rings. The molecule has 1 fully saturated rings. The third-order valence-corrected chi connectivity index (χ3v) is 6.60. The van der Waals surface area contributed by atoms with E-state index in [0.717, 1.165) is 5.52 Å². The highest BCUT2D eigenvalue weighted by Crippen LogP contribution is 2.45. The predicted octanol–water partition coefficient (Wildman–Crippen LogP) is 0.714. The fraction of sp³-hybridized carbons (Fsp3) is 0.522. The van der Waals surface area contributed by atoms with Crippen molar-refractivity contribution in [2.24, 2.45) is 23.7 Å². The monoisotopic (exact) mass is 455 g/mol. The summed E-state index contributed by atoms with van der Waals surface area (Å²) in [6, 6.07) is 5.95. The Balaban J connectivity index is 1.62. The van der Waals surface area contributed by atoms with Gasteiger partial charge in [-0.2, -0.15) is 0 Å². The van der Waals surface area contributed by atoms with Gasteiger partial charge in [0.05, 0.1) is 36.6 Å². The van der Waals surface area contributed by atoms with Crippen LogP contribution >= 0.6 is 0 Å². The molecule has 1 saturated heterocycles. The van der Waals surface area contributed by atoms with Crippen LogP contribution in [0.3, 0.4) is 0 Å². The van der Waals surface area contributed by atoms with Crippen molar-refractivity contribution < 1.29 is 24.2 Å². The first-order valence-electron chi connectivity index (χ1n) is 11.2. The Morgan fingerprint density at radius 1 is 1.27 bits per heavy atom. The predicted molar refractivity (Wildman–Crippen MR) is 118 cm³/mol. The van der Waals surface area contributed by atoms with Crippen LogP contribution in [0.5, 0.6) is 0 Å². The van der Waals surface area contributed by atoms with Crippen LogP contribution in [0.15, 0.2) is 36.4 Å². The number of nitrogens with one attached hydrogen (secondary N) is 1. The summed E-state index contributed by atoms with van der Waals surface area (Å²) < 4.78 is 6.82. The molecule has 10 heteroatoms. The molecule has 2 aromatic rings. The first kappa shape index (κ1) is 22.9. The summed E-state index contributed by atoms with van der Waals surface area (Å²) >= 11 is 0. The lowest BCUT2D eigenvalue weighted by atomic mass is 9.70. The molecule has 1 aromatic carbocycles. The zero-order valence-electron chi connectivity index (χ0n) is 18.9. The van der Waals surface area contributed by atoms with Crippen LogP contribution < -0.4 is 5.32 Å². The van der Waals surface area contributed by atoms with Gasteiger partial charge in [0.25, 0.3) is 0 Å². The Kier molecular flexibility index (Phi) is 6.46. The minimum atomic E-state index is -0.861. The molecule has 1 aliphatic carbocycles. The van der Waals surface area contributed by atoms with E-state index in [1.807, 2.05) is 43.3 Å². The zero-order valence-corrected chi connectivity index (χ0v) is 18.9. The molecule has 2 heterocycles. The molecule has 33 heavy (non-hydrogen) atoms. The van der Waals surface area contributed by atoms with Gasteiger partial charge in [-0.3, -0.25) is 14.4 Å². The van der Waals surface area contributed by atoms with Crippen LogP contribution in [0, 0.1) is 23.7 Å². The largest absolute Gasteiger partial charge is 0.466 e. The van der Waals surface area contributed by atoms with E-state index in [2.05, 4.69) is 15.6 Å². The zero-order chi connectivity index (χ0) is 23.7. The molecule has 2 amide bonds. The molecular formula is C23H29N5O5. The van der Waals surface area contributed by atoms with E-state index in [1.54, 1.807) is 18.5 Å². The third kappa shape index (κ3) is 3.99. The molecule has 0 radical (unpaired) electrons. The van der Waals surface area contributed by atoms with Gasteiger partial charge in [0.2, 0.25) is 11.8 Å². The summed E-state index contributed by atoms with van der Waals surface area (Å²) in [5.41, 5.74) is 1.48. The van der Waals surface area contributed by atoms with Crippen LogP contribution in [-0.2, 0) is 25.8 Å². The number of aliphatic hydroxyl groups is 1. The van der Waals surface area contributed by atoms with Gasteiger partial charge < -0.3 is 20.1 Å². The number of esters is 1. The number of fused-ring (bicyclic) bond motifs is 2. The number of hydrogen-bond donors (Lipinski definition) is 2. The molecule has 6 atom stereocenters. The van der Waals surface area contributed by atoms with Crippen molar-refractivity contribution in [3.63, 3.8) is 0 Å². The summed E-state index contributed by atoms with van der Waals surface area (Å²) in [5, 5.41) is 20.8. The molecule has 176 valence electrons. The second-order valence-electron chi connectivity index (χ2n) is 8.62. The molecular weight excluding hydrogens is 426 g/mol. The van der Waals surface area contributed by atoms with E-state index in [4.69, 9.17) is 4.74 Å². The number of allylic oxidation sites excluding steroid dienone is 1. The van der Waals surface area contributed by atoms with Crippen molar-refractivity contribution in [1.29, 1.82) is 0 Å². The first-order valence-corrected chi connectivity index (χ1v) is 11.2. The Bertz CT molecular complexity index is 1080. The van der Waals surface area contributed by atoms with E-state index < -0.39 is 35.8 Å². The van der Waals surface area contributed by atoms with E-state index in [0.29, 0.717) is 5.52 Å². The Morgan fingerprint density at radius 2 is 2.03 bits per heavy atom. The third-order valence-electron chi connectivity index (χ3n) is 6.60. The summed E-state index contributed by atoms with van der Waals surface area (Å²) in [6.45, 7) is 5.26. The van der Waals surface area contributed by atoms with Gasteiger partial charge in [-0.15, -0.1) is 5.10 Å². The number of aliphatic hydroxyl groups excluding tert-OH is 1. The Morgan fingerprint density at radius 3 is 2.76 bits per heavy atom. The smallest absolute Gasteiger partial charge is 0.310 e. The average molecular weight is 456 g/mol. The minimum absolute atomic E-state index is 0.0736. The molecule has 0 unspecified atom stereocenters. The number of carbonyl (C=O) groups is 3. The van der Waals surface area contributed by atoms with E-state index >= 15 is 0 Å². The topological polar surface area (TPSA) is 127 Å². The molecule has 0 spiro atoms. The van der Waals surface area contributed by atoms with Crippen molar-refractivity contribution in [3.8, 4) is 0 Å². The number of aromatic nitrogens is 3. The average Bonchev–Trinajstić information content (AvgIpc) is 3.36. The molecule has 4 rings (SSSR count). The number of hydrogen-bond acceptors (Lipinski definition) is 7. The number of likely N-dealkylation sites (tertiary alicyclic amines) is 1. The van der Waals surface area contributed by atoms with Gasteiger partial charge in [0.1, 0.15) is 18.2 Å². The summed E-state index contributed by atoms with van der Waals surface area (Å²) in [4.78, 5) is 41.0. The fourth-order valence-corrected chi connectivity index (χ4v) is 5.00. The van der Waals surface area contributed by atoms with Crippen LogP contribution in [0.25, 0.3) is 11.0 Å². The van der Waals surface area contributed by atoms with Gasteiger partial charge in [-0.1, -0.05) is 36.4 Å². The van der Waals surface area contributed by atoms with Gasteiger partial charge >= 0.3 is 5.97 Å². The highest BCUT2D eigenvalue weighted by Gasteiger charge is 2.58. The van der Waals surface area contributed by atoms with Crippen molar-refractivity contribution in [2.45, 2.75) is 39.5 Å². The number of ether oxygens (including phenoxy) is 1. The molecule has 0 saturated carbocycles. The number of amides is 2. The Labute approximate surface area is 191 Å². The number of benzene rings is 1. The number of para-hydroxylation sites is 1. The maximum absolute atomic E-state index is 13.5. The van der Waals surface area contributed by atoms with E-state index in [-0.39, 0.29) is 37.6 Å². The molecule has 1 aromatic heterocycles. The number of nitrogens with zero attached hydrogens (tertiary/aromatic N) is 4. The highest BCUT2D eigenvalue weighted by molar-refractivity contribution is 5.96. The summed E-state index contributed by atoms with van der Waals surface area (Å²) in [6.07, 6.45) is 3.72. The van der Waals surface area contributed by atoms with Crippen molar-refractivity contribution in [1.82, 2.24) is 25.2 Å². The number of rotatable bonds is 7. The van der Waals surface area contributed by atoms with Gasteiger partial charge in [0, 0.05) is 5.92 Å². The lowest BCUT2D eigenvalue weighted by Crippen LogP contribution is -2.51. The fourth-order valence-electron chi connectivity index (χ4n) is 5.00. The maximum atomic E-state index is 13.5. The van der Waals surface area contributed by atoms with Crippen molar-refractivity contribution >= 4 is 28.8 Å². The van der Waals surface area contributed by atoms with Gasteiger partial charge in [-0.25, -0.2) is 4.68 Å². The van der Waals surface area contributed by atoms with Crippen molar-refractivity contribution in [2.75, 3.05) is 13.2 Å². The molecule has 0 bridgehead atoms. The second kappa shape index (κ2) is 9.30. The lowest BCUT2D eigenvalue weighted by molar-refractivity contribution is -0.155. The first-order chi connectivity index (χ1) is 15.9. The number of carbonyl (C=O) groups excluding carboxylic acids is 3.